The molecule has 0 spiro atoms. The first-order valence-electron chi connectivity index (χ1n) is 6.03. The van der Waals surface area contributed by atoms with Gasteiger partial charge < -0.3 is 10.6 Å². The maximum atomic E-state index is 13.4. The Hall–Kier alpha value is -1.94. The molecule has 0 saturated heterocycles. The molecule has 0 heterocycles. The van der Waals surface area contributed by atoms with Gasteiger partial charge >= 0.3 is 0 Å². The van der Waals surface area contributed by atoms with Crippen LogP contribution >= 0.6 is 0 Å². The van der Waals surface area contributed by atoms with Crippen LogP contribution in [0.2, 0.25) is 0 Å². The minimum absolute atomic E-state index is 0.286. The third kappa shape index (κ3) is 3.51. The lowest BCUT2D eigenvalue weighted by molar-refractivity contribution is 0.621. The fourth-order valence-corrected chi connectivity index (χ4v) is 2.01. The zero-order chi connectivity index (χ0) is 13.8. The van der Waals surface area contributed by atoms with E-state index < -0.39 is 0 Å². The van der Waals surface area contributed by atoms with Crippen molar-refractivity contribution in [3.8, 4) is 0 Å². The molecular weight excluding hydrogens is 246 g/mol. The number of anilines is 1. The molecule has 0 fully saturated rings. The van der Waals surface area contributed by atoms with E-state index in [4.69, 9.17) is 5.73 Å². The lowest BCUT2D eigenvalue weighted by Gasteiger charge is -2.20. The topological polar surface area (TPSA) is 29.3 Å². The average Bonchev–Trinajstić information content (AvgIpc) is 2.38. The molecule has 0 unspecified atom stereocenters. The Labute approximate surface area is 111 Å². The number of hydrogen-bond donors (Lipinski definition) is 1. The molecule has 0 radical (unpaired) electrons. The minimum Gasteiger partial charge on any atom is -0.370 e. The molecule has 2 aromatic rings. The monoisotopic (exact) mass is 262 g/mol. The van der Waals surface area contributed by atoms with E-state index in [1.807, 2.05) is 24.1 Å². The molecule has 0 amide bonds. The Morgan fingerprint density at radius 2 is 1.74 bits per heavy atom. The van der Waals surface area contributed by atoms with E-state index in [-0.39, 0.29) is 11.6 Å². The Bertz CT molecular complexity index is 570. The second kappa shape index (κ2) is 5.80. The molecule has 0 bridgehead atoms. The van der Waals surface area contributed by atoms with E-state index in [0.717, 1.165) is 16.8 Å². The number of hydrogen-bond acceptors (Lipinski definition) is 2. The van der Waals surface area contributed by atoms with Crippen molar-refractivity contribution in [1.82, 2.24) is 0 Å². The quantitative estimate of drug-likeness (QED) is 0.917. The average molecular weight is 262 g/mol. The number of nitrogens with zero attached hydrogens (tertiary/aromatic N) is 1. The SMILES string of the molecule is CN(Cc1cc(F)cc(CN)c1)c1cccc(F)c1. The highest BCUT2D eigenvalue weighted by Crippen LogP contribution is 2.18. The maximum absolute atomic E-state index is 13.4. The van der Waals surface area contributed by atoms with Crippen LogP contribution in [0.25, 0.3) is 0 Å². The third-order valence-electron chi connectivity index (χ3n) is 2.92. The molecule has 0 aliphatic rings. The molecule has 4 heteroatoms. The van der Waals surface area contributed by atoms with Crippen LogP contribution < -0.4 is 10.6 Å². The van der Waals surface area contributed by atoms with Gasteiger partial charge in [-0.1, -0.05) is 12.1 Å². The summed E-state index contributed by atoms with van der Waals surface area (Å²) >= 11 is 0. The van der Waals surface area contributed by atoms with E-state index in [1.54, 1.807) is 6.07 Å². The molecule has 0 saturated carbocycles. The van der Waals surface area contributed by atoms with Crippen LogP contribution in [0.1, 0.15) is 11.1 Å². The number of halogens is 2. The van der Waals surface area contributed by atoms with Gasteiger partial charge in [-0.25, -0.2) is 8.78 Å². The van der Waals surface area contributed by atoms with Gasteiger partial charge in [0.15, 0.2) is 0 Å². The molecular formula is C15H16F2N2. The lowest BCUT2D eigenvalue weighted by Crippen LogP contribution is -2.17. The van der Waals surface area contributed by atoms with Crippen molar-refractivity contribution in [2.45, 2.75) is 13.1 Å². The Morgan fingerprint density at radius 3 is 2.42 bits per heavy atom. The summed E-state index contributed by atoms with van der Waals surface area (Å²) in [6.45, 7) is 0.794. The fraction of sp³-hybridized carbons (Fsp3) is 0.200. The summed E-state index contributed by atoms with van der Waals surface area (Å²) in [7, 11) is 1.84. The summed E-state index contributed by atoms with van der Waals surface area (Å²) in [4.78, 5) is 1.86. The van der Waals surface area contributed by atoms with Crippen LogP contribution in [0.3, 0.4) is 0 Å². The summed E-state index contributed by atoms with van der Waals surface area (Å²) < 4.78 is 26.5. The summed E-state index contributed by atoms with van der Waals surface area (Å²) in [5.41, 5.74) is 7.83. The maximum Gasteiger partial charge on any atom is 0.125 e. The van der Waals surface area contributed by atoms with E-state index in [9.17, 15) is 8.78 Å². The number of rotatable bonds is 4. The molecule has 0 aliphatic carbocycles. The van der Waals surface area contributed by atoms with Crippen LogP contribution in [0.5, 0.6) is 0 Å². The fourth-order valence-electron chi connectivity index (χ4n) is 2.01. The van der Waals surface area contributed by atoms with Crippen molar-refractivity contribution in [3.63, 3.8) is 0 Å². The molecule has 100 valence electrons. The van der Waals surface area contributed by atoms with Crippen molar-refractivity contribution in [2.75, 3.05) is 11.9 Å². The largest absolute Gasteiger partial charge is 0.370 e. The third-order valence-corrected chi connectivity index (χ3v) is 2.92. The molecule has 19 heavy (non-hydrogen) atoms. The first kappa shape index (κ1) is 13.5. The smallest absolute Gasteiger partial charge is 0.125 e. The second-order valence-electron chi connectivity index (χ2n) is 4.51. The summed E-state index contributed by atoms with van der Waals surface area (Å²) in [5, 5.41) is 0. The van der Waals surface area contributed by atoms with E-state index >= 15 is 0 Å². The van der Waals surface area contributed by atoms with Crippen molar-refractivity contribution < 1.29 is 8.78 Å². The number of nitrogens with two attached hydrogens (primary N) is 1. The van der Waals surface area contributed by atoms with Crippen LogP contribution in [-0.4, -0.2) is 7.05 Å². The van der Waals surface area contributed by atoms with Gasteiger partial charge in [-0.15, -0.1) is 0 Å². The first-order chi connectivity index (χ1) is 9.08. The minimum atomic E-state index is -0.300. The second-order valence-corrected chi connectivity index (χ2v) is 4.51. The highest BCUT2D eigenvalue weighted by atomic mass is 19.1. The molecule has 0 atom stereocenters. The van der Waals surface area contributed by atoms with Gasteiger partial charge in [0.05, 0.1) is 0 Å². The Morgan fingerprint density at radius 1 is 1.00 bits per heavy atom. The highest BCUT2D eigenvalue weighted by Gasteiger charge is 2.05. The van der Waals surface area contributed by atoms with E-state index in [1.165, 1.54) is 24.3 Å². The van der Waals surface area contributed by atoms with Crippen molar-refractivity contribution in [3.05, 3.63) is 65.2 Å². The van der Waals surface area contributed by atoms with E-state index in [0.29, 0.717) is 13.1 Å². The highest BCUT2D eigenvalue weighted by molar-refractivity contribution is 5.46. The van der Waals surface area contributed by atoms with E-state index in [2.05, 4.69) is 0 Å². The predicted octanol–water partition coefficient (Wildman–Crippen LogP) is 3.06. The first-order valence-corrected chi connectivity index (χ1v) is 6.03. The van der Waals surface area contributed by atoms with Gasteiger partial charge in [0.1, 0.15) is 11.6 Å². The molecule has 2 N–H and O–H groups in total. The zero-order valence-corrected chi connectivity index (χ0v) is 10.7. The summed E-state index contributed by atoms with van der Waals surface area (Å²) in [6, 6.07) is 11.1. The molecule has 2 nitrogen and oxygen atoms in total. The van der Waals surface area contributed by atoms with Gasteiger partial charge in [0, 0.05) is 25.8 Å². The molecule has 0 aliphatic heterocycles. The normalized spacial score (nSPS) is 10.5. The van der Waals surface area contributed by atoms with Crippen LogP contribution in [0, 0.1) is 11.6 Å². The van der Waals surface area contributed by atoms with Crippen LogP contribution in [-0.2, 0) is 13.1 Å². The predicted molar refractivity (Wildman–Crippen MR) is 72.8 cm³/mol. The zero-order valence-electron chi connectivity index (χ0n) is 10.7. The van der Waals surface area contributed by atoms with Gasteiger partial charge in [-0.3, -0.25) is 0 Å². The molecule has 2 aromatic carbocycles. The molecule has 2 rings (SSSR count). The van der Waals surface area contributed by atoms with Gasteiger partial charge in [0.25, 0.3) is 0 Å². The summed E-state index contributed by atoms with van der Waals surface area (Å²) in [5.74, 6) is -0.586. The Balaban J connectivity index is 2.18. The van der Waals surface area contributed by atoms with Crippen LogP contribution in [0.15, 0.2) is 42.5 Å². The van der Waals surface area contributed by atoms with Gasteiger partial charge in [-0.2, -0.15) is 0 Å². The standard InChI is InChI=1S/C15H16F2N2/c1-19(15-4-2-3-13(16)8-15)10-12-5-11(9-18)6-14(17)7-12/h2-8H,9-10,18H2,1H3. The molecule has 0 aromatic heterocycles. The lowest BCUT2D eigenvalue weighted by atomic mass is 10.1. The van der Waals surface area contributed by atoms with Gasteiger partial charge in [0.2, 0.25) is 0 Å². The van der Waals surface area contributed by atoms with Crippen molar-refractivity contribution in [1.29, 1.82) is 0 Å². The van der Waals surface area contributed by atoms with Gasteiger partial charge in [-0.05, 0) is 41.5 Å². The van der Waals surface area contributed by atoms with Crippen LogP contribution in [0.4, 0.5) is 14.5 Å². The van der Waals surface area contributed by atoms with Crippen molar-refractivity contribution in [2.24, 2.45) is 5.73 Å². The Kier molecular flexibility index (Phi) is 4.12. The summed E-state index contributed by atoms with van der Waals surface area (Å²) in [6.07, 6.45) is 0. The van der Waals surface area contributed by atoms with Crippen molar-refractivity contribution >= 4 is 5.69 Å². The number of benzene rings is 2.